The topological polar surface area (TPSA) is 67.3 Å². The molecule has 0 saturated heterocycles. The van der Waals surface area contributed by atoms with E-state index in [2.05, 4.69) is 61.6 Å². The summed E-state index contributed by atoms with van der Waals surface area (Å²) in [4.78, 5) is 12.8. The quantitative estimate of drug-likeness (QED) is 0.609. The van der Waals surface area contributed by atoms with Crippen LogP contribution in [0.15, 0.2) is 79.5 Å². The van der Waals surface area contributed by atoms with Crippen LogP contribution in [0.25, 0.3) is 17.3 Å². The number of aromatic amines is 1. The van der Waals surface area contributed by atoms with Crippen molar-refractivity contribution < 1.29 is 0 Å². The molecule has 1 atom stereocenters. The Bertz CT molecular complexity index is 1050. The summed E-state index contributed by atoms with van der Waals surface area (Å²) in [5, 5.41) is 7.84. The maximum absolute atomic E-state index is 4.58. The Hall–Kier alpha value is -3.60. The number of nitrogens with zero attached hydrogens (tertiary/aromatic N) is 4. The minimum atomic E-state index is -0.348. The first kappa shape index (κ1) is 15.6. The van der Waals surface area contributed by atoms with E-state index in [1.165, 1.54) is 5.56 Å². The van der Waals surface area contributed by atoms with Gasteiger partial charge in [-0.15, -0.1) is 0 Å². The van der Waals surface area contributed by atoms with Gasteiger partial charge in [-0.05, 0) is 23.8 Å². The summed E-state index contributed by atoms with van der Waals surface area (Å²) in [7, 11) is 0. The Balaban J connectivity index is 1.66. The molecule has 0 aliphatic heterocycles. The van der Waals surface area contributed by atoms with E-state index in [0.717, 1.165) is 34.6 Å². The zero-order valence-corrected chi connectivity index (χ0v) is 14.6. The van der Waals surface area contributed by atoms with E-state index >= 15 is 0 Å². The van der Waals surface area contributed by atoms with Crippen molar-refractivity contribution in [2.75, 3.05) is 0 Å². The van der Waals surface area contributed by atoms with Crippen molar-refractivity contribution >= 4 is 6.08 Å². The number of pyridine rings is 1. The van der Waals surface area contributed by atoms with Gasteiger partial charge < -0.3 is 0 Å². The standard InChI is InChI=1S/C22H17N5/c1-2-4-17(5-3-1)22(20-9-13-24-15-25-20)10-6-18-19(14-22)26-27-21(18)16-7-11-23-12-8-16/h1-13,15H,14H2,(H,26,27). The molecule has 0 bridgehead atoms. The van der Waals surface area contributed by atoms with Crippen LogP contribution in [0.5, 0.6) is 0 Å². The number of hydrogen-bond donors (Lipinski definition) is 1. The molecule has 5 heteroatoms. The highest BCUT2D eigenvalue weighted by molar-refractivity contribution is 5.76. The van der Waals surface area contributed by atoms with E-state index in [9.17, 15) is 0 Å². The van der Waals surface area contributed by atoms with Crippen LogP contribution in [-0.4, -0.2) is 25.1 Å². The molecule has 27 heavy (non-hydrogen) atoms. The average Bonchev–Trinajstić information content (AvgIpc) is 3.18. The normalized spacial score (nSPS) is 18.2. The van der Waals surface area contributed by atoms with Crippen LogP contribution >= 0.6 is 0 Å². The van der Waals surface area contributed by atoms with Crippen molar-refractivity contribution in [1.29, 1.82) is 0 Å². The molecule has 0 fully saturated rings. The molecule has 4 aromatic rings. The summed E-state index contributed by atoms with van der Waals surface area (Å²) < 4.78 is 0. The molecule has 0 amide bonds. The number of H-pyrrole nitrogens is 1. The largest absolute Gasteiger partial charge is 0.281 e. The average molecular weight is 351 g/mol. The van der Waals surface area contributed by atoms with Crippen LogP contribution < -0.4 is 0 Å². The lowest BCUT2D eigenvalue weighted by atomic mass is 9.70. The van der Waals surface area contributed by atoms with Crippen LogP contribution in [0.4, 0.5) is 0 Å². The summed E-state index contributed by atoms with van der Waals surface area (Å²) in [5.41, 5.74) is 6.07. The van der Waals surface area contributed by atoms with Gasteiger partial charge in [0.25, 0.3) is 0 Å². The Kier molecular flexibility index (Phi) is 3.64. The molecule has 1 aromatic carbocycles. The number of rotatable bonds is 3. The van der Waals surface area contributed by atoms with Crippen LogP contribution in [0.1, 0.15) is 22.5 Å². The fourth-order valence-electron chi connectivity index (χ4n) is 3.81. The van der Waals surface area contributed by atoms with Gasteiger partial charge in [0, 0.05) is 41.8 Å². The van der Waals surface area contributed by atoms with E-state index in [1.807, 2.05) is 24.3 Å². The molecule has 0 radical (unpaired) electrons. The minimum absolute atomic E-state index is 0.348. The lowest BCUT2D eigenvalue weighted by Crippen LogP contribution is -2.31. The molecule has 0 saturated carbocycles. The van der Waals surface area contributed by atoms with Crippen LogP contribution in [0, 0.1) is 0 Å². The van der Waals surface area contributed by atoms with Crippen molar-refractivity contribution in [2.24, 2.45) is 0 Å². The molecule has 0 spiro atoms. The number of nitrogens with one attached hydrogen (secondary N) is 1. The molecule has 5 rings (SSSR count). The molecule has 1 aliphatic rings. The Morgan fingerprint density at radius 1 is 0.889 bits per heavy atom. The van der Waals surface area contributed by atoms with E-state index in [4.69, 9.17) is 0 Å². The number of benzene rings is 1. The maximum atomic E-state index is 4.58. The van der Waals surface area contributed by atoms with Gasteiger partial charge in [0.1, 0.15) is 6.33 Å². The third-order valence-corrected chi connectivity index (χ3v) is 5.15. The molecular formula is C22H17N5. The number of fused-ring (bicyclic) bond motifs is 1. The molecule has 3 aromatic heterocycles. The SMILES string of the molecule is C1=CC(c2ccccc2)(c2ccncn2)Cc2[nH]nc(-c3ccncc3)c21. The molecule has 130 valence electrons. The summed E-state index contributed by atoms with van der Waals surface area (Å²) in [6.45, 7) is 0. The van der Waals surface area contributed by atoms with Gasteiger partial charge in [0.2, 0.25) is 0 Å². The molecule has 1 aliphatic carbocycles. The number of hydrogen-bond acceptors (Lipinski definition) is 4. The Morgan fingerprint density at radius 2 is 1.70 bits per heavy atom. The zero-order valence-electron chi connectivity index (χ0n) is 14.6. The molecular weight excluding hydrogens is 334 g/mol. The second kappa shape index (κ2) is 6.29. The van der Waals surface area contributed by atoms with E-state index in [0.29, 0.717) is 0 Å². The van der Waals surface area contributed by atoms with Crippen LogP contribution in [0.3, 0.4) is 0 Å². The second-order valence-electron chi connectivity index (χ2n) is 6.64. The lowest BCUT2D eigenvalue weighted by molar-refractivity contribution is 0.598. The highest BCUT2D eigenvalue weighted by Crippen LogP contribution is 2.41. The van der Waals surface area contributed by atoms with E-state index in [1.54, 1.807) is 24.9 Å². The predicted molar refractivity (Wildman–Crippen MR) is 104 cm³/mol. The fourth-order valence-corrected chi connectivity index (χ4v) is 3.81. The summed E-state index contributed by atoms with van der Waals surface area (Å²) >= 11 is 0. The molecule has 5 nitrogen and oxygen atoms in total. The summed E-state index contributed by atoms with van der Waals surface area (Å²) in [6.07, 6.45) is 12.2. The first-order valence-corrected chi connectivity index (χ1v) is 8.86. The molecule has 1 unspecified atom stereocenters. The fraction of sp³-hybridized carbons (Fsp3) is 0.0909. The molecule has 1 N–H and O–H groups in total. The molecule has 3 heterocycles. The van der Waals surface area contributed by atoms with Gasteiger partial charge in [0.05, 0.1) is 16.8 Å². The van der Waals surface area contributed by atoms with Gasteiger partial charge in [0.15, 0.2) is 0 Å². The van der Waals surface area contributed by atoms with Crippen LogP contribution in [-0.2, 0) is 11.8 Å². The third kappa shape index (κ3) is 2.56. The smallest absolute Gasteiger partial charge is 0.115 e. The van der Waals surface area contributed by atoms with Crippen molar-refractivity contribution in [3.63, 3.8) is 0 Å². The van der Waals surface area contributed by atoms with Crippen molar-refractivity contribution in [3.8, 4) is 11.3 Å². The Morgan fingerprint density at radius 3 is 2.48 bits per heavy atom. The van der Waals surface area contributed by atoms with Gasteiger partial charge in [-0.25, -0.2) is 9.97 Å². The minimum Gasteiger partial charge on any atom is -0.281 e. The second-order valence-corrected chi connectivity index (χ2v) is 6.64. The highest BCUT2D eigenvalue weighted by atomic mass is 15.1. The highest BCUT2D eigenvalue weighted by Gasteiger charge is 2.37. The Labute approximate surface area is 156 Å². The summed E-state index contributed by atoms with van der Waals surface area (Å²) in [5.74, 6) is 0. The zero-order chi connectivity index (χ0) is 18.1. The van der Waals surface area contributed by atoms with Gasteiger partial charge in [-0.1, -0.05) is 42.5 Å². The van der Waals surface area contributed by atoms with Crippen molar-refractivity contribution in [2.45, 2.75) is 11.8 Å². The van der Waals surface area contributed by atoms with Gasteiger partial charge in [-0.3, -0.25) is 10.1 Å². The number of allylic oxidation sites excluding steroid dienone is 1. The van der Waals surface area contributed by atoms with Gasteiger partial charge in [-0.2, -0.15) is 5.10 Å². The first-order valence-electron chi connectivity index (χ1n) is 8.86. The number of aromatic nitrogens is 5. The predicted octanol–water partition coefficient (Wildman–Crippen LogP) is 3.82. The van der Waals surface area contributed by atoms with Crippen molar-refractivity contribution in [1.82, 2.24) is 25.1 Å². The maximum Gasteiger partial charge on any atom is 0.115 e. The third-order valence-electron chi connectivity index (χ3n) is 5.15. The van der Waals surface area contributed by atoms with Crippen LogP contribution in [0.2, 0.25) is 0 Å². The van der Waals surface area contributed by atoms with Crippen molar-refractivity contribution in [3.05, 3.63) is 102 Å². The lowest BCUT2D eigenvalue weighted by Gasteiger charge is -2.33. The monoisotopic (exact) mass is 351 g/mol. The van der Waals surface area contributed by atoms with Gasteiger partial charge >= 0.3 is 0 Å². The van der Waals surface area contributed by atoms with E-state index in [-0.39, 0.29) is 5.41 Å². The first-order chi connectivity index (χ1) is 13.4. The van der Waals surface area contributed by atoms with E-state index < -0.39 is 0 Å². The summed E-state index contributed by atoms with van der Waals surface area (Å²) in [6, 6.07) is 16.4.